The molecule has 0 saturated carbocycles. The molecule has 6 aromatic rings. The summed E-state index contributed by atoms with van der Waals surface area (Å²) in [5, 5.41) is 0. The van der Waals surface area contributed by atoms with Crippen molar-refractivity contribution in [1.82, 2.24) is 0 Å². The van der Waals surface area contributed by atoms with Crippen molar-refractivity contribution < 1.29 is 2.79 Å². The van der Waals surface area contributed by atoms with Crippen LogP contribution in [0.15, 0.2) is 146 Å². The van der Waals surface area contributed by atoms with Crippen molar-refractivity contribution in [1.29, 1.82) is 0 Å². The molecule has 45 heavy (non-hydrogen) atoms. The van der Waals surface area contributed by atoms with Crippen molar-refractivity contribution >= 4 is 53.6 Å². The van der Waals surface area contributed by atoms with Gasteiger partial charge in [0.25, 0.3) is 0 Å². The fraction of sp³-hybridized carbons (Fsp3) is 0.143. The molecule has 0 atom stereocenters. The molecule has 0 amide bonds. The zero-order valence-corrected chi connectivity index (χ0v) is 31.5. The van der Waals surface area contributed by atoms with E-state index in [2.05, 4.69) is 187 Å². The summed E-state index contributed by atoms with van der Waals surface area (Å²) in [7, 11) is 0. The fourth-order valence-corrected chi connectivity index (χ4v) is 37.6. The van der Waals surface area contributed by atoms with Crippen LogP contribution in [0.3, 0.4) is 0 Å². The van der Waals surface area contributed by atoms with Gasteiger partial charge >= 0.3 is 277 Å². The van der Waals surface area contributed by atoms with E-state index in [9.17, 15) is 0 Å². The van der Waals surface area contributed by atoms with Crippen LogP contribution in [0.2, 0.25) is 0 Å². The molecule has 0 unspecified atom stereocenters. The molecular weight excluding hydrogens is 666 g/mol. The summed E-state index contributed by atoms with van der Waals surface area (Å²) >= 11 is -8.09. The summed E-state index contributed by atoms with van der Waals surface area (Å²) in [6.45, 7) is 13.7. The first-order valence-electron chi connectivity index (χ1n) is 15.9. The van der Waals surface area contributed by atoms with Gasteiger partial charge in [-0.25, -0.2) is 0 Å². The molecule has 6 aromatic carbocycles. The number of hydrogen-bond acceptors (Lipinski definition) is 1. The summed E-state index contributed by atoms with van der Waals surface area (Å²) in [5.41, 5.74) is 7.75. The predicted octanol–water partition coefficient (Wildman–Crippen LogP) is 6.19. The quantitative estimate of drug-likeness (QED) is 0.172. The third kappa shape index (κ3) is 5.45. The van der Waals surface area contributed by atoms with Crippen molar-refractivity contribution in [2.45, 2.75) is 41.5 Å². The summed E-state index contributed by atoms with van der Waals surface area (Å²) in [5.74, 6) is 0. The van der Waals surface area contributed by atoms with Crippen molar-refractivity contribution in [3.05, 3.63) is 179 Å². The maximum absolute atomic E-state index is 8.80. The minimum atomic E-state index is -4.04. The zero-order chi connectivity index (χ0) is 31.6. The van der Waals surface area contributed by atoms with E-state index in [-0.39, 0.29) is 0 Å². The van der Waals surface area contributed by atoms with Gasteiger partial charge in [-0.2, -0.15) is 0 Å². The maximum atomic E-state index is 8.80. The molecule has 6 rings (SSSR count). The molecule has 0 aliphatic heterocycles. The summed E-state index contributed by atoms with van der Waals surface area (Å²) in [6, 6.07) is 54.2. The van der Waals surface area contributed by atoms with E-state index in [0.29, 0.717) is 0 Å². The molecule has 0 heterocycles. The molecule has 0 fully saturated rings. The Morgan fingerprint density at radius 2 is 0.422 bits per heavy atom. The molecule has 1 nitrogen and oxygen atoms in total. The van der Waals surface area contributed by atoms with Gasteiger partial charge < -0.3 is 0 Å². The van der Waals surface area contributed by atoms with Crippen LogP contribution in [0.4, 0.5) is 0 Å². The van der Waals surface area contributed by atoms with Gasteiger partial charge in [-0.3, -0.25) is 0 Å². The van der Waals surface area contributed by atoms with E-state index < -0.39 is 27.2 Å². The molecular formula is C42H42Ge2O. The van der Waals surface area contributed by atoms with E-state index in [1.807, 2.05) is 0 Å². The number of rotatable bonds is 8. The van der Waals surface area contributed by atoms with Crippen molar-refractivity contribution in [2.24, 2.45) is 0 Å². The monoisotopic (exact) mass is 710 g/mol. The Morgan fingerprint density at radius 1 is 0.267 bits per heavy atom. The Labute approximate surface area is 275 Å². The molecule has 0 spiro atoms. The van der Waals surface area contributed by atoms with Gasteiger partial charge in [-0.1, -0.05) is 0 Å². The van der Waals surface area contributed by atoms with Crippen molar-refractivity contribution in [3.8, 4) is 0 Å². The number of aryl methyl sites for hydroxylation is 6. The molecule has 0 aliphatic rings. The topological polar surface area (TPSA) is 9.23 Å². The third-order valence-electron chi connectivity index (χ3n) is 9.45. The van der Waals surface area contributed by atoms with Gasteiger partial charge in [0.2, 0.25) is 0 Å². The predicted molar refractivity (Wildman–Crippen MR) is 197 cm³/mol. The molecule has 0 N–H and O–H groups in total. The van der Waals surface area contributed by atoms with Crippen molar-refractivity contribution in [2.75, 3.05) is 0 Å². The third-order valence-corrected chi connectivity index (χ3v) is 34.0. The zero-order valence-electron chi connectivity index (χ0n) is 27.3. The van der Waals surface area contributed by atoms with Crippen LogP contribution in [-0.2, 0) is 2.79 Å². The normalized spacial score (nSPS) is 11.9. The first kappa shape index (κ1) is 31.4. The van der Waals surface area contributed by atoms with Gasteiger partial charge in [0, 0.05) is 0 Å². The van der Waals surface area contributed by atoms with Crippen LogP contribution < -0.4 is 26.4 Å². The average Bonchev–Trinajstić information content (AvgIpc) is 3.04. The van der Waals surface area contributed by atoms with Gasteiger partial charge in [0.15, 0.2) is 0 Å². The van der Waals surface area contributed by atoms with E-state index in [0.717, 1.165) is 0 Å². The van der Waals surface area contributed by atoms with E-state index in [4.69, 9.17) is 2.79 Å². The molecule has 3 heteroatoms. The second-order valence-electron chi connectivity index (χ2n) is 12.4. The molecule has 0 aliphatic carbocycles. The molecule has 0 radical (unpaired) electrons. The summed E-state index contributed by atoms with van der Waals surface area (Å²) < 4.78 is 17.0. The SMILES string of the molecule is Cc1cccc[c]1[Ge]([O][Ge]([c]1ccccc1C)([c]1ccccc1C)[c]1ccccc1C)([c]1ccccc1C)[c]1ccccc1C. The second kappa shape index (κ2) is 13.0. The van der Waals surface area contributed by atoms with Gasteiger partial charge in [0.1, 0.15) is 0 Å². The fourth-order valence-electron chi connectivity index (χ4n) is 7.24. The van der Waals surface area contributed by atoms with Crippen LogP contribution in [0.5, 0.6) is 0 Å². The molecule has 224 valence electrons. The molecule has 0 aromatic heterocycles. The molecule has 0 saturated heterocycles. The average molecular weight is 708 g/mol. The first-order chi connectivity index (χ1) is 21.8. The Bertz CT molecular complexity index is 1610. The van der Waals surface area contributed by atoms with E-state index >= 15 is 0 Å². The van der Waals surface area contributed by atoms with Gasteiger partial charge in [-0.15, -0.1) is 0 Å². The minimum absolute atomic E-state index is 1.29. The van der Waals surface area contributed by atoms with Crippen LogP contribution in [0.25, 0.3) is 0 Å². The van der Waals surface area contributed by atoms with Gasteiger partial charge in [-0.05, 0) is 0 Å². The van der Waals surface area contributed by atoms with Crippen LogP contribution in [-0.4, -0.2) is 27.2 Å². The second-order valence-corrected chi connectivity index (χ2v) is 27.5. The Morgan fingerprint density at radius 3 is 0.578 bits per heavy atom. The van der Waals surface area contributed by atoms with Crippen LogP contribution >= 0.6 is 0 Å². The number of hydrogen-bond donors (Lipinski definition) is 0. The first-order valence-corrected chi connectivity index (χ1v) is 23.9. The molecule has 0 bridgehead atoms. The summed E-state index contributed by atoms with van der Waals surface area (Å²) in [6.07, 6.45) is 0. The Hall–Kier alpha value is -3.63. The standard InChI is InChI=1S/C42H42Ge2O/c1-31-19-7-13-25-37(31)43(38-26-14-8-20-32(38)2,39-27-15-9-21-33(39)3)45-44(40-28-16-10-22-34(40)4,41-29-17-11-23-35(41)5)42-30-18-12-24-36(42)6/h7-30H,1-6H3. The van der Waals surface area contributed by atoms with Crippen molar-refractivity contribution in [3.63, 3.8) is 0 Å². The van der Waals surface area contributed by atoms with E-state index in [1.54, 1.807) is 0 Å². The number of benzene rings is 6. The van der Waals surface area contributed by atoms with E-state index in [1.165, 1.54) is 59.8 Å². The van der Waals surface area contributed by atoms with Crippen LogP contribution in [0.1, 0.15) is 33.4 Å². The van der Waals surface area contributed by atoms with Crippen LogP contribution in [0, 0.1) is 41.5 Å². The summed E-state index contributed by atoms with van der Waals surface area (Å²) in [4.78, 5) is 0. The van der Waals surface area contributed by atoms with Gasteiger partial charge in [0.05, 0.1) is 0 Å². The Kier molecular flexibility index (Phi) is 9.06. The Balaban J connectivity index is 1.89.